The van der Waals surface area contributed by atoms with Crippen molar-refractivity contribution in [3.8, 4) is 0 Å². The second-order valence-corrected chi connectivity index (χ2v) is 5.74. The molecule has 1 aliphatic carbocycles. The Labute approximate surface area is 114 Å². The van der Waals surface area contributed by atoms with Gasteiger partial charge < -0.3 is 16.8 Å². The van der Waals surface area contributed by atoms with E-state index < -0.39 is 0 Å². The fraction of sp³-hybridized carbons (Fsp3) is 0.533. The number of hydrogen-bond donors (Lipinski definition) is 3. The largest absolute Gasteiger partial charge is 0.399 e. The summed E-state index contributed by atoms with van der Waals surface area (Å²) in [5.41, 5.74) is 13.0. The lowest BCUT2D eigenvalue weighted by Crippen LogP contribution is -2.31. The average Bonchev–Trinajstić information content (AvgIpc) is 2.35. The average molecular weight is 261 g/mol. The van der Waals surface area contributed by atoms with Crippen molar-refractivity contribution in [3.05, 3.63) is 23.8 Å². The first kappa shape index (κ1) is 13.7. The second-order valence-electron chi connectivity index (χ2n) is 5.74. The molecule has 0 spiro atoms. The summed E-state index contributed by atoms with van der Waals surface area (Å²) < 4.78 is 0. The van der Waals surface area contributed by atoms with Gasteiger partial charge in [-0.2, -0.15) is 0 Å². The zero-order valence-electron chi connectivity index (χ0n) is 11.5. The summed E-state index contributed by atoms with van der Waals surface area (Å²) in [5.74, 6) is 1.29. The summed E-state index contributed by atoms with van der Waals surface area (Å²) in [6.45, 7) is 3.03. The van der Waals surface area contributed by atoms with Crippen LogP contribution in [0.25, 0.3) is 0 Å². The molecule has 1 aliphatic rings. The van der Waals surface area contributed by atoms with Crippen LogP contribution in [-0.4, -0.2) is 12.5 Å². The number of nitrogen functional groups attached to an aromatic ring is 2. The van der Waals surface area contributed by atoms with Crippen LogP contribution in [0.2, 0.25) is 0 Å². The molecule has 2 rings (SSSR count). The van der Waals surface area contributed by atoms with E-state index in [1.165, 1.54) is 25.7 Å². The first-order valence-electron chi connectivity index (χ1n) is 6.99. The minimum Gasteiger partial charge on any atom is -0.399 e. The highest BCUT2D eigenvalue weighted by Crippen LogP contribution is 2.28. The number of carbonyl (C=O) groups is 1. The molecule has 2 unspecified atom stereocenters. The number of nitrogens with two attached hydrogens (primary N) is 2. The van der Waals surface area contributed by atoms with Crippen molar-refractivity contribution >= 4 is 17.3 Å². The van der Waals surface area contributed by atoms with Gasteiger partial charge in [0.1, 0.15) is 0 Å². The van der Waals surface area contributed by atoms with Gasteiger partial charge in [0.2, 0.25) is 0 Å². The summed E-state index contributed by atoms with van der Waals surface area (Å²) >= 11 is 0. The predicted molar refractivity (Wildman–Crippen MR) is 78.7 cm³/mol. The van der Waals surface area contributed by atoms with E-state index >= 15 is 0 Å². The monoisotopic (exact) mass is 261 g/mol. The summed E-state index contributed by atoms with van der Waals surface area (Å²) in [5, 5.41) is 2.99. The van der Waals surface area contributed by atoms with E-state index in [0.717, 1.165) is 12.5 Å². The van der Waals surface area contributed by atoms with Crippen LogP contribution in [0.4, 0.5) is 11.4 Å². The third-order valence-corrected chi connectivity index (χ3v) is 3.84. The van der Waals surface area contributed by atoms with Crippen LogP contribution < -0.4 is 16.8 Å². The highest BCUT2D eigenvalue weighted by molar-refractivity contribution is 5.96. The number of rotatable bonds is 3. The van der Waals surface area contributed by atoms with Crippen LogP contribution in [0.1, 0.15) is 43.0 Å². The zero-order valence-corrected chi connectivity index (χ0v) is 11.5. The minimum atomic E-state index is -0.0859. The van der Waals surface area contributed by atoms with E-state index in [1.54, 1.807) is 18.2 Å². The van der Waals surface area contributed by atoms with E-state index in [4.69, 9.17) is 11.5 Å². The summed E-state index contributed by atoms with van der Waals surface area (Å²) in [6, 6.07) is 4.98. The Morgan fingerprint density at radius 2 is 1.95 bits per heavy atom. The molecule has 0 aromatic heterocycles. The van der Waals surface area contributed by atoms with Crippen LogP contribution >= 0.6 is 0 Å². The predicted octanol–water partition coefficient (Wildman–Crippen LogP) is 2.41. The van der Waals surface area contributed by atoms with Crippen LogP contribution in [0.5, 0.6) is 0 Å². The van der Waals surface area contributed by atoms with Gasteiger partial charge in [0, 0.05) is 23.5 Å². The van der Waals surface area contributed by atoms with E-state index in [2.05, 4.69) is 12.2 Å². The van der Waals surface area contributed by atoms with Gasteiger partial charge in [-0.15, -0.1) is 0 Å². The second kappa shape index (κ2) is 5.95. The van der Waals surface area contributed by atoms with E-state index in [0.29, 0.717) is 22.9 Å². The maximum atomic E-state index is 12.1. The smallest absolute Gasteiger partial charge is 0.251 e. The molecule has 0 radical (unpaired) electrons. The van der Waals surface area contributed by atoms with Gasteiger partial charge in [-0.3, -0.25) is 4.79 Å². The summed E-state index contributed by atoms with van der Waals surface area (Å²) in [7, 11) is 0. The van der Waals surface area contributed by atoms with Crippen molar-refractivity contribution in [3.63, 3.8) is 0 Å². The van der Waals surface area contributed by atoms with Crippen LogP contribution in [0.3, 0.4) is 0 Å². The standard InChI is InChI=1S/C15H23N3O/c1-10-3-2-4-11(5-10)9-18-15(19)12-6-13(16)8-14(17)7-12/h6-8,10-11H,2-5,9,16-17H2,1H3,(H,18,19). The summed E-state index contributed by atoms with van der Waals surface area (Å²) in [6.07, 6.45) is 5.01. The highest BCUT2D eigenvalue weighted by atomic mass is 16.1. The highest BCUT2D eigenvalue weighted by Gasteiger charge is 2.19. The lowest BCUT2D eigenvalue weighted by Gasteiger charge is -2.26. The Bertz CT molecular complexity index is 438. The number of hydrogen-bond acceptors (Lipinski definition) is 3. The molecule has 1 aromatic rings. The van der Waals surface area contributed by atoms with Gasteiger partial charge >= 0.3 is 0 Å². The van der Waals surface area contributed by atoms with Gasteiger partial charge in [-0.05, 0) is 42.9 Å². The Kier molecular flexibility index (Phi) is 4.30. The lowest BCUT2D eigenvalue weighted by atomic mass is 9.82. The van der Waals surface area contributed by atoms with Crippen molar-refractivity contribution in [1.82, 2.24) is 5.32 Å². The summed E-state index contributed by atoms with van der Waals surface area (Å²) in [4.78, 5) is 12.1. The van der Waals surface area contributed by atoms with Gasteiger partial charge in [0.05, 0.1) is 0 Å². The van der Waals surface area contributed by atoms with Gasteiger partial charge in [0.15, 0.2) is 0 Å². The molecule has 1 amide bonds. The molecule has 4 nitrogen and oxygen atoms in total. The molecule has 1 fully saturated rings. The number of carbonyl (C=O) groups excluding carboxylic acids is 1. The van der Waals surface area contributed by atoms with Crippen molar-refractivity contribution in [2.45, 2.75) is 32.6 Å². The fourth-order valence-corrected chi connectivity index (χ4v) is 2.89. The molecule has 5 N–H and O–H groups in total. The quantitative estimate of drug-likeness (QED) is 0.731. The molecular weight excluding hydrogens is 238 g/mol. The molecule has 0 saturated heterocycles. The molecule has 2 atom stereocenters. The van der Waals surface area contributed by atoms with Crippen LogP contribution in [-0.2, 0) is 0 Å². The molecule has 4 heteroatoms. The van der Waals surface area contributed by atoms with E-state index in [-0.39, 0.29) is 5.91 Å². The van der Waals surface area contributed by atoms with Crippen molar-refractivity contribution in [1.29, 1.82) is 0 Å². The normalized spacial score (nSPS) is 23.0. The van der Waals surface area contributed by atoms with Gasteiger partial charge in [-0.1, -0.05) is 19.8 Å². The van der Waals surface area contributed by atoms with Crippen molar-refractivity contribution < 1.29 is 4.79 Å². The SMILES string of the molecule is CC1CCCC(CNC(=O)c2cc(N)cc(N)c2)C1. The molecular formula is C15H23N3O. The van der Waals surface area contributed by atoms with Gasteiger partial charge in [-0.25, -0.2) is 0 Å². The Hall–Kier alpha value is -1.71. The van der Waals surface area contributed by atoms with E-state index in [9.17, 15) is 4.79 Å². The van der Waals surface area contributed by atoms with Crippen LogP contribution in [0.15, 0.2) is 18.2 Å². The molecule has 1 aromatic carbocycles. The van der Waals surface area contributed by atoms with Crippen molar-refractivity contribution in [2.75, 3.05) is 18.0 Å². The zero-order chi connectivity index (χ0) is 13.8. The van der Waals surface area contributed by atoms with Crippen molar-refractivity contribution in [2.24, 2.45) is 11.8 Å². The molecule has 1 saturated carbocycles. The topological polar surface area (TPSA) is 81.1 Å². The van der Waals surface area contributed by atoms with E-state index in [1.807, 2.05) is 0 Å². The number of anilines is 2. The molecule has 104 valence electrons. The molecule has 0 heterocycles. The lowest BCUT2D eigenvalue weighted by molar-refractivity contribution is 0.0941. The first-order chi connectivity index (χ1) is 9.04. The molecule has 0 aliphatic heterocycles. The Morgan fingerprint density at radius 1 is 1.26 bits per heavy atom. The molecule has 0 bridgehead atoms. The Morgan fingerprint density at radius 3 is 2.58 bits per heavy atom. The number of benzene rings is 1. The number of nitrogens with one attached hydrogen (secondary N) is 1. The van der Waals surface area contributed by atoms with Crippen LogP contribution in [0, 0.1) is 11.8 Å². The third kappa shape index (κ3) is 3.88. The maximum absolute atomic E-state index is 12.1. The maximum Gasteiger partial charge on any atom is 0.251 e. The third-order valence-electron chi connectivity index (χ3n) is 3.84. The fourth-order valence-electron chi connectivity index (χ4n) is 2.89. The Balaban J connectivity index is 1.90. The first-order valence-corrected chi connectivity index (χ1v) is 6.99. The molecule has 19 heavy (non-hydrogen) atoms. The number of amides is 1. The van der Waals surface area contributed by atoms with Gasteiger partial charge in [0.25, 0.3) is 5.91 Å². The minimum absolute atomic E-state index is 0.0859.